The van der Waals surface area contributed by atoms with Crippen LogP contribution in [0.25, 0.3) is 0 Å². The van der Waals surface area contributed by atoms with Gasteiger partial charge in [0.1, 0.15) is 5.69 Å². The summed E-state index contributed by atoms with van der Waals surface area (Å²) >= 11 is 0. The van der Waals surface area contributed by atoms with Gasteiger partial charge < -0.3 is 10.6 Å². The van der Waals surface area contributed by atoms with Gasteiger partial charge in [-0.15, -0.1) is 0 Å². The molecule has 1 unspecified atom stereocenters. The quantitative estimate of drug-likeness (QED) is 0.775. The summed E-state index contributed by atoms with van der Waals surface area (Å²) in [5.41, 5.74) is -1.00. The fourth-order valence-electron chi connectivity index (χ4n) is 2.01. The summed E-state index contributed by atoms with van der Waals surface area (Å²) in [6, 6.07) is 0.700. The van der Waals surface area contributed by atoms with E-state index in [1.807, 2.05) is 0 Å². The van der Waals surface area contributed by atoms with E-state index in [1.54, 1.807) is 0 Å². The molecule has 2 rings (SSSR count). The van der Waals surface area contributed by atoms with Crippen molar-refractivity contribution in [2.45, 2.75) is 18.6 Å². The zero-order valence-electron chi connectivity index (χ0n) is 11.0. The van der Waals surface area contributed by atoms with Crippen molar-refractivity contribution in [1.82, 2.24) is 15.3 Å². The lowest BCUT2D eigenvalue weighted by molar-refractivity contribution is -0.141. The van der Waals surface area contributed by atoms with Gasteiger partial charge in [0.15, 0.2) is 9.84 Å². The highest BCUT2D eigenvalue weighted by molar-refractivity contribution is 7.91. The summed E-state index contributed by atoms with van der Waals surface area (Å²) in [6.07, 6.45) is -2.91. The first-order chi connectivity index (χ1) is 9.76. The minimum Gasteiger partial charge on any atom is -0.353 e. The van der Waals surface area contributed by atoms with Gasteiger partial charge in [-0.3, -0.25) is 0 Å². The second kappa shape index (κ2) is 6.14. The first-order valence-electron chi connectivity index (χ1n) is 6.34. The van der Waals surface area contributed by atoms with Gasteiger partial charge in [0.25, 0.3) is 0 Å². The summed E-state index contributed by atoms with van der Waals surface area (Å²) in [6.45, 7) is 0.720. The van der Waals surface area contributed by atoms with Gasteiger partial charge in [-0.25, -0.2) is 18.4 Å². The second-order valence-corrected chi connectivity index (χ2v) is 6.97. The molecule has 0 spiro atoms. The second-order valence-electron chi connectivity index (χ2n) is 4.74. The van der Waals surface area contributed by atoms with Crippen molar-refractivity contribution in [2.75, 3.05) is 29.9 Å². The molecule has 1 fully saturated rings. The van der Waals surface area contributed by atoms with E-state index in [9.17, 15) is 21.6 Å². The van der Waals surface area contributed by atoms with Crippen molar-refractivity contribution >= 4 is 15.8 Å². The number of anilines is 1. The molecule has 0 amide bonds. The van der Waals surface area contributed by atoms with Crippen LogP contribution in [0.4, 0.5) is 19.1 Å². The Kier molecular flexibility index (Phi) is 4.67. The summed E-state index contributed by atoms with van der Waals surface area (Å²) in [5.74, 6) is 0.174. The number of rotatable bonds is 5. The first-order valence-corrected chi connectivity index (χ1v) is 8.16. The smallest absolute Gasteiger partial charge is 0.353 e. The Hall–Kier alpha value is -1.42. The minimum absolute atomic E-state index is 0.0979. The Bertz CT molecular complexity index is 591. The third-order valence-corrected chi connectivity index (χ3v) is 4.79. The van der Waals surface area contributed by atoms with E-state index in [2.05, 4.69) is 20.6 Å². The Morgan fingerprint density at radius 3 is 2.71 bits per heavy atom. The molecule has 118 valence electrons. The standard InChI is InChI=1S/C11H15F3N4O2S/c12-11(13,14)9-1-3-16-10(18-9)17-5-4-15-8-2-6-21(19,20)7-8/h1,3,8,15H,2,4-7H2,(H,16,17,18). The van der Waals surface area contributed by atoms with Crippen LogP contribution in [0.3, 0.4) is 0 Å². The normalized spacial score (nSPS) is 21.4. The van der Waals surface area contributed by atoms with Gasteiger partial charge in [0.05, 0.1) is 11.5 Å². The zero-order valence-corrected chi connectivity index (χ0v) is 11.8. The number of sulfone groups is 1. The van der Waals surface area contributed by atoms with Crippen molar-refractivity contribution in [3.8, 4) is 0 Å². The lowest BCUT2D eigenvalue weighted by Gasteiger charge is -2.12. The lowest BCUT2D eigenvalue weighted by Crippen LogP contribution is -2.34. The highest BCUT2D eigenvalue weighted by atomic mass is 32.2. The monoisotopic (exact) mass is 324 g/mol. The third kappa shape index (κ3) is 4.81. The largest absolute Gasteiger partial charge is 0.433 e. The average molecular weight is 324 g/mol. The molecule has 0 radical (unpaired) electrons. The van der Waals surface area contributed by atoms with Crippen LogP contribution in [0.5, 0.6) is 0 Å². The maximum atomic E-state index is 12.4. The number of hydrogen-bond acceptors (Lipinski definition) is 6. The Balaban J connectivity index is 1.77. The third-order valence-electron chi connectivity index (χ3n) is 3.02. The van der Waals surface area contributed by atoms with Gasteiger partial charge in [-0.1, -0.05) is 0 Å². The van der Waals surface area contributed by atoms with E-state index in [0.717, 1.165) is 12.3 Å². The molecule has 2 heterocycles. The molecular weight excluding hydrogens is 309 g/mol. The highest BCUT2D eigenvalue weighted by Gasteiger charge is 2.32. The minimum atomic E-state index is -4.50. The molecule has 2 N–H and O–H groups in total. The molecule has 10 heteroatoms. The number of alkyl halides is 3. The van der Waals surface area contributed by atoms with Crippen LogP contribution >= 0.6 is 0 Å². The fourth-order valence-corrected chi connectivity index (χ4v) is 3.72. The van der Waals surface area contributed by atoms with Gasteiger partial charge in [-0.05, 0) is 12.5 Å². The van der Waals surface area contributed by atoms with Crippen LogP contribution in [-0.4, -0.2) is 49.0 Å². The SMILES string of the molecule is O=S1(=O)CCC(NCCNc2nccc(C(F)(F)F)n2)C1. The van der Waals surface area contributed by atoms with Crippen LogP contribution in [-0.2, 0) is 16.0 Å². The number of nitrogens with one attached hydrogen (secondary N) is 2. The van der Waals surface area contributed by atoms with Crippen molar-refractivity contribution in [2.24, 2.45) is 0 Å². The van der Waals surface area contributed by atoms with Crippen LogP contribution in [0, 0.1) is 0 Å². The number of nitrogens with zero attached hydrogens (tertiary/aromatic N) is 2. The van der Waals surface area contributed by atoms with Crippen molar-refractivity contribution in [3.05, 3.63) is 18.0 Å². The van der Waals surface area contributed by atoms with Crippen molar-refractivity contribution in [1.29, 1.82) is 0 Å². The van der Waals surface area contributed by atoms with E-state index >= 15 is 0 Å². The Morgan fingerprint density at radius 2 is 2.10 bits per heavy atom. The van der Waals surface area contributed by atoms with E-state index in [4.69, 9.17) is 0 Å². The predicted octanol–water partition coefficient (Wildman–Crippen LogP) is 0.684. The molecular formula is C11H15F3N4O2S. The van der Waals surface area contributed by atoms with Crippen LogP contribution < -0.4 is 10.6 Å². The molecule has 0 saturated carbocycles. The molecule has 1 aromatic heterocycles. The summed E-state index contributed by atoms with van der Waals surface area (Å²) in [7, 11) is -2.94. The van der Waals surface area contributed by atoms with Gasteiger partial charge in [0, 0.05) is 25.3 Å². The lowest BCUT2D eigenvalue weighted by atomic mass is 10.3. The molecule has 0 bridgehead atoms. The Labute approximate surface area is 120 Å². The molecule has 0 aliphatic carbocycles. The van der Waals surface area contributed by atoms with E-state index in [0.29, 0.717) is 19.5 Å². The molecule has 1 saturated heterocycles. The zero-order chi connectivity index (χ0) is 15.5. The topological polar surface area (TPSA) is 84.0 Å². The molecule has 6 nitrogen and oxygen atoms in total. The van der Waals surface area contributed by atoms with Crippen LogP contribution in [0.2, 0.25) is 0 Å². The van der Waals surface area contributed by atoms with E-state index < -0.39 is 21.7 Å². The Morgan fingerprint density at radius 1 is 1.33 bits per heavy atom. The van der Waals surface area contributed by atoms with Gasteiger partial charge in [0.2, 0.25) is 5.95 Å². The summed E-state index contributed by atoms with van der Waals surface area (Å²) < 4.78 is 59.8. The number of halogens is 3. The van der Waals surface area contributed by atoms with Crippen molar-refractivity contribution < 1.29 is 21.6 Å². The van der Waals surface area contributed by atoms with Gasteiger partial charge in [-0.2, -0.15) is 13.2 Å². The summed E-state index contributed by atoms with van der Waals surface area (Å²) in [5, 5.41) is 5.70. The predicted molar refractivity (Wildman–Crippen MR) is 70.6 cm³/mol. The van der Waals surface area contributed by atoms with Crippen molar-refractivity contribution in [3.63, 3.8) is 0 Å². The van der Waals surface area contributed by atoms with Gasteiger partial charge >= 0.3 is 6.18 Å². The molecule has 1 aromatic rings. The maximum Gasteiger partial charge on any atom is 0.433 e. The molecule has 21 heavy (non-hydrogen) atoms. The molecule has 1 aliphatic heterocycles. The number of aromatic nitrogens is 2. The molecule has 1 aliphatic rings. The highest BCUT2D eigenvalue weighted by Crippen LogP contribution is 2.27. The number of hydrogen-bond donors (Lipinski definition) is 2. The van der Waals surface area contributed by atoms with E-state index in [-0.39, 0.29) is 23.5 Å². The first kappa shape index (κ1) is 16.0. The molecule has 0 aromatic carbocycles. The fraction of sp³-hybridized carbons (Fsp3) is 0.636. The molecule has 1 atom stereocenters. The van der Waals surface area contributed by atoms with Crippen LogP contribution in [0.1, 0.15) is 12.1 Å². The summed E-state index contributed by atoms with van der Waals surface area (Å²) in [4.78, 5) is 7.06. The van der Waals surface area contributed by atoms with E-state index in [1.165, 1.54) is 0 Å². The average Bonchev–Trinajstić information content (AvgIpc) is 2.74. The van der Waals surface area contributed by atoms with Crippen LogP contribution in [0.15, 0.2) is 12.3 Å². The maximum absolute atomic E-state index is 12.4.